The van der Waals surface area contributed by atoms with Gasteiger partial charge < -0.3 is 9.63 Å². The number of alkyl halides is 3. The fourth-order valence-corrected chi connectivity index (χ4v) is 3.15. The van der Waals surface area contributed by atoms with E-state index in [4.69, 9.17) is 4.52 Å². The second-order valence-electron chi connectivity index (χ2n) is 6.49. The molecule has 1 aliphatic rings. The first-order valence-electron chi connectivity index (χ1n) is 7.74. The van der Waals surface area contributed by atoms with E-state index in [1.165, 1.54) is 0 Å². The Hall–Kier alpha value is -1.86. The van der Waals surface area contributed by atoms with Gasteiger partial charge in [0.2, 0.25) is 5.60 Å². The van der Waals surface area contributed by atoms with E-state index in [9.17, 15) is 18.3 Å². The second-order valence-corrected chi connectivity index (χ2v) is 6.49. The molecule has 2 atom stereocenters. The van der Waals surface area contributed by atoms with Crippen molar-refractivity contribution in [3.8, 4) is 0 Å². The summed E-state index contributed by atoms with van der Waals surface area (Å²) < 4.78 is 44.5. The van der Waals surface area contributed by atoms with Crippen LogP contribution in [0, 0.1) is 0 Å². The fraction of sp³-hybridized carbons (Fsp3) is 0.471. The predicted octanol–water partition coefficient (Wildman–Crippen LogP) is 3.56. The molecule has 0 fully saturated rings. The number of hydrogen-bond acceptors (Lipinski definition) is 4. The van der Waals surface area contributed by atoms with Crippen molar-refractivity contribution in [1.29, 1.82) is 0 Å². The molecular weight excluding hydrogens is 321 g/mol. The van der Waals surface area contributed by atoms with Crippen molar-refractivity contribution in [3.05, 3.63) is 52.9 Å². The highest BCUT2D eigenvalue weighted by Gasteiger charge is 2.55. The van der Waals surface area contributed by atoms with Gasteiger partial charge in [0.05, 0.1) is 6.54 Å². The molecule has 1 aromatic carbocycles. The van der Waals surface area contributed by atoms with Gasteiger partial charge in [0.25, 0.3) is 0 Å². The summed E-state index contributed by atoms with van der Waals surface area (Å²) >= 11 is 0. The van der Waals surface area contributed by atoms with E-state index in [0.717, 1.165) is 5.56 Å². The minimum atomic E-state index is -4.81. The van der Waals surface area contributed by atoms with Gasteiger partial charge in [-0.15, -0.1) is 0 Å². The molecular formula is C17H19F3N2O2. The van der Waals surface area contributed by atoms with E-state index in [1.807, 2.05) is 37.3 Å². The fourth-order valence-electron chi connectivity index (χ4n) is 3.15. The Kier molecular flexibility index (Phi) is 4.17. The maximum atomic E-state index is 13.1. The standard InChI is InChI=1S/C17H19F3N2O2/c1-11-8-22(9-12-6-4-3-5-7-12)10-13-14(11)15(21-24-13)16(2,23)17(18,19)20/h3-7,11,23H,8-10H2,1-2H3/t11-,16?/m0/s1. The van der Waals surface area contributed by atoms with Crippen LogP contribution < -0.4 is 0 Å². The first-order valence-corrected chi connectivity index (χ1v) is 7.74. The molecule has 2 aromatic rings. The predicted molar refractivity (Wildman–Crippen MR) is 81.1 cm³/mol. The minimum Gasteiger partial charge on any atom is -0.375 e. The smallest absolute Gasteiger partial charge is 0.375 e. The van der Waals surface area contributed by atoms with Crippen LogP contribution in [-0.4, -0.2) is 27.9 Å². The van der Waals surface area contributed by atoms with Gasteiger partial charge in [0, 0.05) is 18.7 Å². The maximum Gasteiger partial charge on any atom is 0.422 e. The van der Waals surface area contributed by atoms with E-state index in [-0.39, 0.29) is 5.92 Å². The maximum absolute atomic E-state index is 13.1. The van der Waals surface area contributed by atoms with Gasteiger partial charge in [-0.3, -0.25) is 4.90 Å². The van der Waals surface area contributed by atoms with Gasteiger partial charge in [-0.1, -0.05) is 42.4 Å². The quantitative estimate of drug-likeness (QED) is 0.928. The van der Waals surface area contributed by atoms with Crippen molar-refractivity contribution in [1.82, 2.24) is 10.1 Å². The number of nitrogens with zero attached hydrogens (tertiary/aromatic N) is 2. The Bertz CT molecular complexity index is 710. The molecule has 0 bridgehead atoms. The zero-order valence-corrected chi connectivity index (χ0v) is 13.5. The van der Waals surface area contributed by atoms with Crippen LogP contribution in [-0.2, 0) is 18.7 Å². The molecule has 1 N–H and O–H groups in total. The van der Waals surface area contributed by atoms with Gasteiger partial charge in [0.1, 0.15) is 5.69 Å². The van der Waals surface area contributed by atoms with Gasteiger partial charge in [0.15, 0.2) is 5.76 Å². The summed E-state index contributed by atoms with van der Waals surface area (Å²) in [6, 6.07) is 9.83. The van der Waals surface area contributed by atoms with Crippen LogP contribution in [0.2, 0.25) is 0 Å². The highest BCUT2D eigenvalue weighted by molar-refractivity contribution is 5.34. The monoisotopic (exact) mass is 340 g/mol. The van der Waals surface area contributed by atoms with Crippen LogP contribution in [0.3, 0.4) is 0 Å². The molecule has 24 heavy (non-hydrogen) atoms. The summed E-state index contributed by atoms with van der Waals surface area (Å²) in [4.78, 5) is 2.10. The number of hydrogen-bond donors (Lipinski definition) is 1. The van der Waals surface area contributed by atoms with Gasteiger partial charge in [-0.05, 0) is 18.4 Å². The largest absolute Gasteiger partial charge is 0.422 e. The molecule has 0 saturated heterocycles. The van der Waals surface area contributed by atoms with E-state index < -0.39 is 17.5 Å². The number of aliphatic hydroxyl groups is 1. The number of benzene rings is 1. The van der Waals surface area contributed by atoms with Crippen LogP contribution >= 0.6 is 0 Å². The van der Waals surface area contributed by atoms with Crippen molar-refractivity contribution < 1.29 is 22.8 Å². The summed E-state index contributed by atoms with van der Waals surface area (Å²) in [5.74, 6) is 0.178. The molecule has 0 radical (unpaired) electrons. The van der Waals surface area contributed by atoms with Crippen LogP contribution in [0.15, 0.2) is 34.9 Å². The van der Waals surface area contributed by atoms with Crippen molar-refractivity contribution in [2.45, 2.75) is 44.6 Å². The molecule has 130 valence electrons. The minimum absolute atomic E-state index is 0.215. The summed E-state index contributed by atoms with van der Waals surface area (Å²) in [6.45, 7) is 4.16. The average molecular weight is 340 g/mol. The van der Waals surface area contributed by atoms with Crippen LogP contribution in [0.5, 0.6) is 0 Å². The van der Waals surface area contributed by atoms with Gasteiger partial charge in [-0.2, -0.15) is 13.2 Å². The van der Waals surface area contributed by atoms with E-state index >= 15 is 0 Å². The SMILES string of the molecule is C[C@H]1CN(Cc2ccccc2)Cc2onc(C(C)(O)C(F)(F)F)c21. The van der Waals surface area contributed by atoms with Gasteiger partial charge >= 0.3 is 6.18 Å². The summed E-state index contributed by atoms with van der Waals surface area (Å²) in [6.07, 6.45) is -4.81. The molecule has 0 saturated carbocycles. The second kappa shape index (κ2) is 5.89. The van der Waals surface area contributed by atoms with Crippen molar-refractivity contribution in [2.24, 2.45) is 0 Å². The number of halogens is 3. The Labute approximate surface area is 137 Å². The van der Waals surface area contributed by atoms with Crippen molar-refractivity contribution in [3.63, 3.8) is 0 Å². The molecule has 7 heteroatoms. The third kappa shape index (κ3) is 2.93. The molecule has 0 aliphatic carbocycles. The Morgan fingerprint density at radius 3 is 2.58 bits per heavy atom. The Balaban J connectivity index is 1.86. The van der Waals surface area contributed by atoms with Crippen molar-refractivity contribution >= 4 is 0 Å². The third-order valence-electron chi connectivity index (χ3n) is 4.46. The molecule has 4 nitrogen and oxygen atoms in total. The highest BCUT2D eigenvalue weighted by atomic mass is 19.4. The zero-order valence-electron chi connectivity index (χ0n) is 13.5. The normalized spacial score (nSPS) is 21.3. The Morgan fingerprint density at radius 2 is 1.96 bits per heavy atom. The number of aromatic nitrogens is 1. The summed E-state index contributed by atoms with van der Waals surface area (Å²) in [5, 5.41) is 13.5. The van der Waals surface area contributed by atoms with Crippen LogP contribution in [0.1, 0.15) is 42.3 Å². The lowest BCUT2D eigenvalue weighted by atomic mass is 9.87. The summed E-state index contributed by atoms with van der Waals surface area (Å²) in [7, 11) is 0. The van der Waals surface area contributed by atoms with E-state index in [1.54, 1.807) is 0 Å². The van der Waals surface area contributed by atoms with E-state index in [0.29, 0.717) is 37.9 Å². The van der Waals surface area contributed by atoms with Crippen LogP contribution in [0.25, 0.3) is 0 Å². The molecule has 1 unspecified atom stereocenters. The average Bonchev–Trinajstić information content (AvgIpc) is 2.92. The van der Waals surface area contributed by atoms with Gasteiger partial charge in [-0.25, -0.2) is 0 Å². The molecule has 1 aliphatic heterocycles. The Morgan fingerprint density at radius 1 is 1.29 bits per heavy atom. The van der Waals surface area contributed by atoms with Crippen molar-refractivity contribution in [2.75, 3.05) is 6.54 Å². The molecule has 0 amide bonds. The molecule has 1 aromatic heterocycles. The molecule has 3 rings (SSSR count). The molecule has 0 spiro atoms. The lowest BCUT2D eigenvalue weighted by molar-refractivity contribution is -0.261. The van der Waals surface area contributed by atoms with E-state index in [2.05, 4.69) is 10.1 Å². The molecule has 2 heterocycles. The third-order valence-corrected chi connectivity index (χ3v) is 4.46. The first kappa shape index (κ1) is 17.0. The highest BCUT2D eigenvalue weighted by Crippen LogP contribution is 2.43. The lowest BCUT2D eigenvalue weighted by Crippen LogP contribution is -2.41. The summed E-state index contributed by atoms with van der Waals surface area (Å²) in [5.41, 5.74) is -1.94. The number of fused-ring (bicyclic) bond motifs is 1. The lowest BCUT2D eigenvalue weighted by Gasteiger charge is -2.32. The number of rotatable bonds is 3. The zero-order chi connectivity index (χ0) is 17.5. The van der Waals surface area contributed by atoms with Crippen LogP contribution in [0.4, 0.5) is 13.2 Å². The first-order chi connectivity index (χ1) is 11.2. The topological polar surface area (TPSA) is 49.5 Å².